The van der Waals surface area contributed by atoms with Crippen molar-refractivity contribution in [2.24, 2.45) is 12.8 Å². The highest BCUT2D eigenvalue weighted by Gasteiger charge is 2.05. The Balaban J connectivity index is 2.77. The molecule has 0 fully saturated rings. The molecule has 2 aromatic rings. The van der Waals surface area contributed by atoms with Crippen molar-refractivity contribution in [1.82, 2.24) is 9.55 Å². The Morgan fingerprint density at radius 3 is 3.00 bits per heavy atom. The van der Waals surface area contributed by atoms with Crippen molar-refractivity contribution in [3.05, 3.63) is 28.5 Å². The number of fused-ring (bicyclic) bond motifs is 1. The molecule has 0 spiro atoms. The first-order chi connectivity index (χ1) is 6.22. The van der Waals surface area contributed by atoms with Gasteiger partial charge in [0.1, 0.15) is 5.82 Å². The van der Waals surface area contributed by atoms with Crippen molar-refractivity contribution >= 4 is 27.0 Å². The van der Waals surface area contributed by atoms with Gasteiger partial charge in [0.15, 0.2) is 0 Å². The van der Waals surface area contributed by atoms with Gasteiger partial charge < -0.3 is 10.3 Å². The third-order valence-corrected chi connectivity index (χ3v) is 2.61. The second-order valence-electron chi connectivity index (χ2n) is 2.92. The molecule has 13 heavy (non-hydrogen) atoms. The molecular formula is C9H10BrN3. The lowest BCUT2D eigenvalue weighted by Crippen LogP contribution is -2.04. The SMILES string of the molecule is Cn1c(CN)nc2ccc(Br)cc21. The summed E-state index contributed by atoms with van der Waals surface area (Å²) in [5.74, 6) is 0.910. The van der Waals surface area contributed by atoms with Crippen molar-refractivity contribution in [3.63, 3.8) is 0 Å². The Hall–Kier alpha value is -0.870. The van der Waals surface area contributed by atoms with E-state index in [2.05, 4.69) is 20.9 Å². The van der Waals surface area contributed by atoms with Crippen LogP contribution in [0.3, 0.4) is 0 Å². The molecule has 2 rings (SSSR count). The molecule has 0 saturated carbocycles. The number of hydrogen-bond donors (Lipinski definition) is 1. The average Bonchev–Trinajstić information content (AvgIpc) is 2.44. The molecule has 3 nitrogen and oxygen atoms in total. The van der Waals surface area contributed by atoms with Gasteiger partial charge in [-0.15, -0.1) is 0 Å². The number of benzene rings is 1. The lowest BCUT2D eigenvalue weighted by molar-refractivity contribution is 0.813. The van der Waals surface area contributed by atoms with E-state index in [-0.39, 0.29) is 0 Å². The van der Waals surface area contributed by atoms with Crippen LogP contribution in [0.4, 0.5) is 0 Å². The number of halogens is 1. The van der Waals surface area contributed by atoms with Gasteiger partial charge in [0, 0.05) is 11.5 Å². The second kappa shape index (κ2) is 3.12. The third kappa shape index (κ3) is 1.36. The first kappa shape index (κ1) is 8.72. The third-order valence-electron chi connectivity index (χ3n) is 2.12. The Morgan fingerprint density at radius 2 is 2.31 bits per heavy atom. The van der Waals surface area contributed by atoms with Gasteiger partial charge in [0.2, 0.25) is 0 Å². The molecular weight excluding hydrogens is 230 g/mol. The molecule has 1 heterocycles. The molecule has 0 bridgehead atoms. The topological polar surface area (TPSA) is 43.8 Å². The highest BCUT2D eigenvalue weighted by Crippen LogP contribution is 2.19. The summed E-state index contributed by atoms with van der Waals surface area (Å²) in [6, 6.07) is 6.01. The van der Waals surface area contributed by atoms with Gasteiger partial charge in [-0.05, 0) is 18.2 Å². The van der Waals surface area contributed by atoms with Crippen LogP contribution in [0.2, 0.25) is 0 Å². The van der Waals surface area contributed by atoms with E-state index in [1.54, 1.807) is 0 Å². The quantitative estimate of drug-likeness (QED) is 0.825. The summed E-state index contributed by atoms with van der Waals surface area (Å²) in [7, 11) is 1.98. The van der Waals surface area contributed by atoms with Crippen LogP contribution in [-0.4, -0.2) is 9.55 Å². The van der Waals surface area contributed by atoms with Crippen LogP contribution in [0.5, 0.6) is 0 Å². The fourth-order valence-electron chi connectivity index (χ4n) is 1.40. The number of aryl methyl sites for hydroxylation is 1. The summed E-state index contributed by atoms with van der Waals surface area (Å²) in [4.78, 5) is 4.39. The minimum Gasteiger partial charge on any atom is -0.330 e. The van der Waals surface area contributed by atoms with E-state index in [9.17, 15) is 0 Å². The Kier molecular flexibility index (Phi) is 2.09. The van der Waals surface area contributed by atoms with Gasteiger partial charge in [-0.2, -0.15) is 0 Å². The largest absolute Gasteiger partial charge is 0.330 e. The zero-order valence-corrected chi connectivity index (χ0v) is 8.87. The van der Waals surface area contributed by atoms with Crippen LogP contribution in [0.25, 0.3) is 11.0 Å². The summed E-state index contributed by atoms with van der Waals surface area (Å²) >= 11 is 3.43. The zero-order valence-electron chi connectivity index (χ0n) is 7.29. The van der Waals surface area contributed by atoms with Crippen molar-refractivity contribution in [2.75, 3.05) is 0 Å². The maximum Gasteiger partial charge on any atom is 0.123 e. The summed E-state index contributed by atoms with van der Waals surface area (Å²) in [6.07, 6.45) is 0. The summed E-state index contributed by atoms with van der Waals surface area (Å²) < 4.78 is 3.08. The van der Waals surface area contributed by atoms with Crippen molar-refractivity contribution in [1.29, 1.82) is 0 Å². The van der Waals surface area contributed by atoms with Crippen molar-refractivity contribution in [3.8, 4) is 0 Å². The highest BCUT2D eigenvalue weighted by molar-refractivity contribution is 9.10. The first-order valence-electron chi connectivity index (χ1n) is 4.03. The maximum absolute atomic E-state index is 5.56. The molecule has 0 aliphatic carbocycles. The summed E-state index contributed by atoms with van der Waals surface area (Å²) in [5, 5.41) is 0. The van der Waals surface area contributed by atoms with Gasteiger partial charge in [0.05, 0.1) is 17.6 Å². The lowest BCUT2D eigenvalue weighted by Gasteiger charge is -1.97. The van der Waals surface area contributed by atoms with Crippen LogP contribution >= 0.6 is 15.9 Å². The number of aromatic nitrogens is 2. The molecule has 0 unspecified atom stereocenters. The monoisotopic (exact) mass is 239 g/mol. The zero-order chi connectivity index (χ0) is 9.42. The van der Waals surface area contributed by atoms with Crippen LogP contribution in [0.1, 0.15) is 5.82 Å². The van der Waals surface area contributed by atoms with Crippen molar-refractivity contribution in [2.45, 2.75) is 6.54 Å². The molecule has 0 radical (unpaired) electrons. The smallest absolute Gasteiger partial charge is 0.123 e. The maximum atomic E-state index is 5.56. The van der Waals surface area contributed by atoms with E-state index in [0.29, 0.717) is 6.54 Å². The minimum atomic E-state index is 0.475. The van der Waals surface area contributed by atoms with Crippen molar-refractivity contribution < 1.29 is 0 Å². The highest BCUT2D eigenvalue weighted by atomic mass is 79.9. The number of nitrogens with zero attached hydrogens (tertiary/aromatic N) is 2. The molecule has 0 atom stereocenters. The van der Waals surface area contributed by atoms with Crippen LogP contribution in [0.15, 0.2) is 22.7 Å². The summed E-state index contributed by atoms with van der Waals surface area (Å²) in [6.45, 7) is 0.475. The standard InChI is InChI=1S/C9H10BrN3/c1-13-8-4-6(10)2-3-7(8)12-9(13)5-11/h2-4H,5,11H2,1H3. The normalized spacial score (nSPS) is 11.0. The van der Waals surface area contributed by atoms with E-state index in [1.165, 1.54) is 0 Å². The molecule has 0 aliphatic rings. The van der Waals surface area contributed by atoms with Gasteiger partial charge in [-0.3, -0.25) is 0 Å². The predicted molar refractivity (Wildman–Crippen MR) is 56.3 cm³/mol. The fraction of sp³-hybridized carbons (Fsp3) is 0.222. The fourth-order valence-corrected chi connectivity index (χ4v) is 1.74. The Morgan fingerprint density at radius 1 is 1.54 bits per heavy atom. The van der Waals surface area contributed by atoms with Crippen LogP contribution in [0, 0.1) is 0 Å². The molecule has 2 N–H and O–H groups in total. The molecule has 4 heteroatoms. The predicted octanol–water partition coefficient (Wildman–Crippen LogP) is 1.79. The lowest BCUT2D eigenvalue weighted by atomic mass is 10.3. The van der Waals surface area contributed by atoms with E-state index < -0.39 is 0 Å². The summed E-state index contributed by atoms with van der Waals surface area (Å²) in [5.41, 5.74) is 7.66. The molecule has 0 saturated heterocycles. The number of imidazole rings is 1. The number of nitrogens with two attached hydrogens (primary N) is 1. The number of rotatable bonds is 1. The van der Waals surface area contributed by atoms with E-state index in [0.717, 1.165) is 21.3 Å². The minimum absolute atomic E-state index is 0.475. The van der Waals surface area contributed by atoms with E-state index in [1.807, 2.05) is 29.8 Å². The van der Waals surface area contributed by atoms with Crippen LogP contribution in [-0.2, 0) is 13.6 Å². The molecule has 0 amide bonds. The average molecular weight is 240 g/mol. The van der Waals surface area contributed by atoms with Gasteiger partial charge in [0.25, 0.3) is 0 Å². The molecule has 1 aromatic heterocycles. The Labute approximate surface area is 84.7 Å². The molecule has 68 valence electrons. The van der Waals surface area contributed by atoms with Crippen LogP contribution < -0.4 is 5.73 Å². The van der Waals surface area contributed by atoms with Gasteiger partial charge in [-0.1, -0.05) is 15.9 Å². The molecule has 1 aromatic carbocycles. The number of hydrogen-bond acceptors (Lipinski definition) is 2. The Bertz CT molecular complexity index is 447. The van der Waals surface area contributed by atoms with Gasteiger partial charge >= 0.3 is 0 Å². The first-order valence-corrected chi connectivity index (χ1v) is 4.82. The van der Waals surface area contributed by atoms with E-state index >= 15 is 0 Å². The van der Waals surface area contributed by atoms with E-state index in [4.69, 9.17) is 5.73 Å². The van der Waals surface area contributed by atoms with Gasteiger partial charge in [-0.25, -0.2) is 4.98 Å². The second-order valence-corrected chi connectivity index (χ2v) is 3.84. The molecule has 0 aliphatic heterocycles.